The standard InChI is InChI=1S/C13H15ClO5/c14-13(15)17-7-6-16-11-8-18-12(19-9-11)10-4-2-1-3-5-10/h1-5,11-12H,6-9H2. The summed E-state index contributed by atoms with van der Waals surface area (Å²) in [5.74, 6) is 0. The van der Waals surface area contributed by atoms with Crippen LogP contribution in [0.3, 0.4) is 0 Å². The van der Waals surface area contributed by atoms with Gasteiger partial charge in [-0.2, -0.15) is 0 Å². The first-order valence-corrected chi connectivity index (χ1v) is 6.35. The zero-order chi connectivity index (χ0) is 13.5. The van der Waals surface area contributed by atoms with E-state index in [0.717, 1.165) is 5.56 Å². The zero-order valence-corrected chi connectivity index (χ0v) is 11.0. The molecule has 0 bridgehead atoms. The van der Waals surface area contributed by atoms with Gasteiger partial charge in [-0.15, -0.1) is 0 Å². The highest BCUT2D eigenvalue weighted by Gasteiger charge is 2.23. The molecule has 0 amide bonds. The van der Waals surface area contributed by atoms with Crippen LogP contribution in [0.4, 0.5) is 4.79 Å². The van der Waals surface area contributed by atoms with Gasteiger partial charge < -0.3 is 18.9 Å². The molecule has 0 aliphatic carbocycles. The van der Waals surface area contributed by atoms with Gasteiger partial charge in [0.25, 0.3) is 0 Å². The minimum absolute atomic E-state index is 0.126. The molecule has 0 aromatic heterocycles. The van der Waals surface area contributed by atoms with Crippen LogP contribution in [0.25, 0.3) is 0 Å². The van der Waals surface area contributed by atoms with Crippen molar-refractivity contribution in [2.24, 2.45) is 0 Å². The van der Waals surface area contributed by atoms with Gasteiger partial charge in [0.15, 0.2) is 6.29 Å². The van der Waals surface area contributed by atoms with Gasteiger partial charge in [0.1, 0.15) is 12.7 Å². The van der Waals surface area contributed by atoms with E-state index in [1.807, 2.05) is 30.3 Å². The summed E-state index contributed by atoms with van der Waals surface area (Å²) in [6.07, 6.45) is -0.504. The molecular formula is C13H15ClO5. The molecule has 104 valence electrons. The van der Waals surface area contributed by atoms with Crippen LogP contribution in [0, 0.1) is 0 Å². The van der Waals surface area contributed by atoms with Gasteiger partial charge in [-0.3, -0.25) is 0 Å². The van der Waals surface area contributed by atoms with E-state index in [0.29, 0.717) is 13.2 Å². The van der Waals surface area contributed by atoms with Crippen LogP contribution >= 0.6 is 11.6 Å². The van der Waals surface area contributed by atoms with Crippen LogP contribution in [-0.4, -0.2) is 38.0 Å². The van der Waals surface area contributed by atoms with Crippen molar-refractivity contribution >= 4 is 17.0 Å². The van der Waals surface area contributed by atoms with Crippen LogP contribution in [-0.2, 0) is 18.9 Å². The molecule has 1 aliphatic heterocycles. The number of hydrogen-bond donors (Lipinski definition) is 0. The Hall–Kier alpha value is -1.14. The van der Waals surface area contributed by atoms with Crippen molar-refractivity contribution in [2.45, 2.75) is 12.4 Å². The molecule has 0 radical (unpaired) electrons. The maximum atomic E-state index is 10.3. The number of ether oxygens (including phenoxy) is 4. The molecule has 1 saturated heterocycles. The molecular weight excluding hydrogens is 272 g/mol. The Morgan fingerprint density at radius 1 is 1.21 bits per heavy atom. The van der Waals surface area contributed by atoms with Crippen LogP contribution in [0.15, 0.2) is 30.3 Å². The molecule has 1 heterocycles. The second-order valence-electron chi connectivity index (χ2n) is 3.99. The molecule has 1 fully saturated rings. The fourth-order valence-corrected chi connectivity index (χ4v) is 1.80. The molecule has 1 aromatic carbocycles. The molecule has 0 spiro atoms. The average Bonchev–Trinajstić information content (AvgIpc) is 2.45. The van der Waals surface area contributed by atoms with Crippen molar-refractivity contribution in [1.82, 2.24) is 0 Å². The van der Waals surface area contributed by atoms with Gasteiger partial charge in [0, 0.05) is 17.2 Å². The Balaban J connectivity index is 1.67. The third kappa shape index (κ3) is 4.80. The lowest BCUT2D eigenvalue weighted by Gasteiger charge is -2.29. The third-order valence-electron chi connectivity index (χ3n) is 2.59. The number of benzene rings is 1. The van der Waals surface area contributed by atoms with E-state index in [1.165, 1.54) is 0 Å². The maximum Gasteiger partial charge on any atom is 0.403 e. The summed E-state index contributed by atoms with van der Waals surface area (Å²) in [4.78, 5) is 10.3. The van der Waals surface area contributed by atoms with Crippen LogP contribution in [0.1, 0.15) is 11.9 Å². The number of hydrogen-bond acceptors (Lipinski definition) is 5. The average molecular weight is 287 g/mol. The Bertz CT molecular complexity index is 389. The number of rotatable bonds is 5. The smallest absolute Gasteiger partial charge is 0.403 e. The minimum Gasteiger partial charge on any atom is -0.451 e. The number of halogens is 1. The van der Waals surface area contributed by atoms with Crippen molar-refractivity contribution in [2.75, 3.05) is 26.4 Å². The van der Waals surface area contributed by atoms with Gasteiger partial charge in [0.2, 0.25) is 0 Å². The van der Waals surface area contributed by atoms with Gasteiger partial charge in [0.05, 0.1) is 19.8 Å². The van der Waals surface area contributed by atoms with E-state index in [9.17, 15) is 4.79 Å². The second kappa shape index (κ2) is 7.45. The Morgan fingerprint density at radius 2 is 1.89 bits per heavy atom. The fraction of sp³-hybridized carbons (Fsp3) is 0.462. The van der Waals surface area contributed by atoms with Gasteiger partial charge in [-0.05, 0) is 0 Å². The van der Waals surface area contributed by atoms with Gasteiger partial charge in [-0.1, -0.05) is 30.3 Å². The lowest BCUT2D eigenvalue weighted by Crippen LogP contribution is -2.34. The fourth-order valence-electron chi connectivity index (χ4n) is 1.72. The first-order valence-electron chi connectivity index (χ1n) is 5.97. The van der Waals surface area contributed by atoms with Gasteiger partial charge in [-0.25, -0.2) is 4.79 Å². The lowest BCUT2D eigenvalue weighted by molar-refractivity contribution is -0.231. The van der Waals surface area contributed by atoms with Crippen molar-refractivity contribution in [3.63, 3.8) is 0 Å². The van der Waals surface area contributed by atoms with E-state index >= 15 is 0 Å². The van der Waals surface area contributed by atoms with Gasteiger partial charge >= 0.3 is 5.43 Å². The largest absolute Gasteiger partial charge is 0.451 e. The quantitative estimate of drug-likeness (QED) is 0.615. The molecule has 0 saturated carbocycles. The summed E-state index contributed by atoms with van der Waals surface area (Å²) in [6.45, 7) is 1.27. The highest BCUT2D eigenvalue weighted by Crippen LogP contribution is 2.23. The molecule has 6 heteroatoms. The molecule has 0 unspecified atom stereocenters. The summed E-state index contributed by atoms with van der Waals surface area (Å²) in [7, 11) is 0. The highest BCUT2D eigenvalue weighted by molar-refractivity contribution is 6.61. The second-order valence-corrected chi connectivity index (χ2v) is 4.30. The summed E-state index contributed by atoms with van der Waals surface area (Å²) in [5.41, 5.74) is 0.154. The summed E-state index contributed by atoms with van der Waals surface area (Å²) in [6, 6.07) is 9.71. The monoisotopic (exact) mass is 286 g/mol. The topological polar surface area (TPSA) is 54.0 Å². The van der Waals surface area contributed by atoms with Crippen molar-refractivity contribution in [1.29, 1.82) is 0 Å². The first-order chi connectivity index (χ1) is 9.25. The first kappa shape index (κ1) is 14.3. The Kier molecular flexibility index (Phi) is 5.60. The molecule has 1 aliphatic rings. The molecule has 2 rings (SSSR count). The van der Waals surface area contributed by atoms with Crippen molar-refractivity contribution < 1.29 is 23.7 Å². The molecule has 0 N–H and O–H groups in total. The van der Waals surface area contributed by atoms with E-state index in [1.54, 1.807) is 0 Å². The Morgan fingerprint density at radius 3 is 2.53 bits per heavy atom. The van der Waals surface area contributed by atoms with Crippen LogP contribution in [0.2, 0.25) is 0 Å². The van der Waals surface area contributed by atoms with Crippen LogP contribution < -0.4 is 0 Å². The molecule has 1 aromatic rings. The number of carbonyl (C=O) groups excluding carboxylic acids is 1. The van der Waals surface area contributed by atoms with E-state index < -0.39 is 5.43 Å². The summed E-state index contributed by atoms with van der Waals surface area (Å²) < 4.78 is 21.1. The van der Waals surface area contributed by atoms with Crippen LogP contribution in [0.5, 0.6) is 0 Å². The number of carbonyl (C=O) groups is 1. The SMILES string of the molecule is O=C(Cl)OCCOC1COC(c2ccccc2)OC1. The van der Waals surface area contributed by atoms with Crippen molar-refractivity contribution in [3.8, 4) is 0 Å². The normalized spacial score (nSPS) is 23.0. The van der Waals surface area contributed by atoms with E-state index in [2.05, 4.69) is 4.74 Å². The molecule has 5 nitrogen and oxygen atoms in total. The third-order valence-corrected chi connectivity index (χ3v) is 2.70. The Labute approximate surface area is 116 Å². The maximum absolute atomic E-state index is 10.3. The lowest BCUT2D eigenvalue weighted by atomic mass is 10.2. The van der Waals surface area contributed by atoms with Crippen molar-refractivity contribution in [3.05, 3.63) is 35.9 Å². The summed E-state index contributed by atoms with van der Waals surface area (Å²) >= 11 is 5.02. The predicted molar refractivity (Wildman–Crippen MR) is 68.0 cm³/mol. The molecule has 0 atom stereocenters. The summed E-state index contributed by atoms with van der Waals surface area (Å²) in [5, 5.41) is 0. The van der Waals surface area contributed by atoms with E-state index in [4.69, 9.17) is 25.8 Å². The minimum atomic E-state index is -0.830. The predicted octanol–water partition coefficient (Wildman–Crippen LogP) is 2.49. The molecule has 19 heavy (non-hydrogen) atoms. The zero-order valence-electron chi connectivity index (χ0n) is 10.3. The highest BCUT2D eigenvalue weighted by atomic mass is 35.5. The van der Waals surface area contributed by atoms with E-state index in [-0.39, 0.29) is 25.6 Å².